The molecule has 1 fully saturated rings. The van der Waals surface area contributed by atoms with Crippen molar-refractivity contribution in [3.8, 4) is 10.7 Å². The van der Waals surface area contributed by atoms with E-state index in [0.29, 0.717) is 15.5 Å². The molecule has 1 saturated carbocycles. The van der Waals surface area contributed by atoms with Crippen LogP contribution in [0, 0.1) is 0 Å². The monoisotopic (exact) mass is 315 g/mol. The minimum absolute atomic E-state index is 0.00392. The second kappa shape index (κ2) is 5.15. The number of rotatable bonds is 5. The highest BCUT2D eigenvalue weighted by atomic mass is 35.5. The second-order valence-electron chi connectivity index (χ2n) is 4.19. The van der Waals surface area contributed by atoms with E-state index in [1.54, 1.807) is 0 Å². The lowest BCUT2D eigenvalue weighted by atomic mass is 10.4. The molecule has 2 aromatic heterocycles. The summed E-state index contributed by atoms with van der Waals surface area (Å²) in [5, 5.41) is 17.7. The largest absolute Gasteiger partial charge is 0.481 e. The quantitative estimate of drug-likeness (QED) is 0.858. The van der Waals surface area contributed by atoms with Gasteiger partial charge in [0.2, 0.25) is 0 Å². The van der Waals surface area contributed by atoms with Gasteiger partial charge in [-0.2, -0.15) is 0 Å². The summed E-state index contributed by atoms with van der Waals surface area (Å²) in [5.74, 6) is -0.0703. The fourth-order valence-electron chi connectivity index (χ4n) is 1.77. The van der Waals surface area contributed by atoms with E-state index in [4.69, 9.17) is 16.7 Å². The lowest BCUT2D eigenvalue weighted by Crippen LogP contribution is -2.02. The highest BCUT2D eigenvalue weighted by molar-refractivity contribution is 7.99. The predicted octanol–water partition coefficient (Wildman–Crippen LogP) is 3.17. The summed E-state index contributed by atoms with van der Waals surface area (Å²) in [5.41, 5.74) is 0. The van der Waals surface area contributed by atoms with Gasteiger partial charge in [0.1, 0.15) is 0 Å². The standard InChI is InChI=1S/C11H10ClN3O2S2/c12-8-4-3-7(19-8)10-13-14-11(18-5-9(16)17)15(10)6-1-2-6/h3-4,6H,1-2,5H2,(H,16,17). The van der Waals surface area contributed by atoms with Crippen LogP contribution in [0.4, 0.5) is 0 Å². The van der Waals surface area contributed by atoms with Crippen LogP contribution in [-0.2, 0) is 4.79 Å². The summed E-state index contributed by atoms with van der Waals surface area (Å²) in [6, 6.07) is 4.14. The van der Waals surface area contributed by atoms with E-state index < -0.39 is 5.97 Å². The van der Waals surface area contributed by atoms with E-state index in [-0.39, 0.29) is 5.75 Å². The molecule has 3 rings (SSSR count). The Morgan fingerprint density at radius 1 is 1.53 bits per heavy atom. The van der Waals surface area contributed by atoms with Crippen LogP contribution in [0.15, 0.2) is 17.3 Å². The molecular weight excluding hydrogens is 306 g/mol. The molecule has 0 amide bonds. The number of carboxylic acid groups (broad SMARTS) is 1. The molecule has 5 nitrogen and oxygen atoms in total. The first kappa shape index (κ1) is 13.0. The number of halogens is 1. The van der Waals surface area contributed by atoms with Crippen molar-refractivity contribution in [2.45, 2.75) is 24.0 Å². The van der Waals surface area contributed by atoms with Crippen LogP contribution in [0.25, 0.3) is 10.7 Å². The lowest BCUT2D eigenvalue weighted by molar-refractivity contribution is -0.133. The molecule has 8 heteroatoms. The average molecular weight is 316 g/mol. The third-order valence-electron chi connectivity index (χ3n) is 2.69. The summed E-state index contributed by atoms with van der Waals surface area (Å²) >= 11 is 8.61. The normalized spacial score (nSPS) is 14.8. The first-order valence-electron chi connectivity index (χ1n) is 5.70. The van der Waals surface area contributed by atoms with E-state index >= 15 is 0 Å². The Kier molecular flexibility index (Phi) is 3.51. The Hall–Kier alpha value is -1.05. The van der Waals surface area contributed by atoms with E-state index in [9.17, 15) is 4.79 Å². The van der Waals surface area contributed by atoms with Crippen LogP contribution in [-0.4, -0.2) is 31.6 Å². The average Bonchev–Trinajstić information content (AvgIpc) is 2.97. The molecule has 0 spiro atoms. The topological polar surface area (TPSA) is 68.0 Å². The highest BCUT2D eigenvalue weighted by Gasteiger charge is 2.30. The Labute approximate surface area is 122 Å². The van der Waals surface area contributed by atoms with Crippen LogP contribution in [0.3, 0.4) is 0 Å². The molecule has 2 aromatic rings. The van der Waals surface area contributed by atoms with Crippen LogP contribution in [0.1, 0.15) is 18.9 Å². The number of thioether (sulfide) groups is 1. The van der Waals surface area contributed by atoms with E-state index in [1.807, 2.05) is 16.7 Å². The smallest absolute Gasteiger partial charge is 0.313 e. The number of carbonyl (C=O) groups is 1. The van der Waals surface area contributed by atoms with Crippen molar-refractivity contribution in [1.82, 2.24) is 14.8 Å². The molecule has 1 aliphatic rings. The van der Waals surface area contributed by atoms with Gasteiger partial charge in [0.15, 0.2) is 11.0 Å². The van der Waals surface area contributed by atoms with Gasteiger partial charge in [0.05, 0.1) is 15.0 Å². The van der Waals surface area contributed by atoms with Crippen LogP contribution >= 0.6 is 34.7 Å². The van der Waals surface area contributed by atoms with Crippen molar-refractivity contribution in [3.05, 3.63) is 16.5 Å². The Morgan fingerprint density at radius 3 is 2.89 bits per heavy atom. The third kappa shape index (κ3) is 2.77. The number of aliphatic carboxylic acids is 1. The minimum atomic E-state index is -0.851. The molecule has 1 aliphatic carbocycles. The van der Waals surface area contributed by atoms with Gasteiger partial charge in [0, 0.05) is 6.04 Å². The van der Waals surface area contributed by atoms with Gasteiger partial charge in [-0.1, -0.05) is 23.4 Å². The summed E-state index contributed by atoms with van der Waals surface area (Å²) in [6.45, 7) is 0. The summed E-state index contributed by atoms with van der Waals surface area (Å²) in [4.78, 5) is 11.6. The molecule has 0 bridgehead atoms. The van der Waals surface area contributed by atoms with Gasteiger partial charge in [-0.05, 0) is 25.0 Å². The number of hydrogen-bond donors (Lipinski definition) is 1. The zero-order chi connectivity index (χ0) is 13.4. The van der Waals surface area contributed by atoms with Gasteiger partial charge < -0.3 is 5.11 Å². The van der Waals surface area contributed by atoms with Crippen molar-refractivity contribution in [2.24, 2.45) is 0 Å². The SMILES string of the molecule is O=C(O)CSc1nnc(-c2ccc(Cl)s2)n1C1CC1. The van der Waals surface area contributed by atoms with Gasteiger partial charge in [-0.25, -0.2) is 0 Å². The van der Waals surface area contributed by atoms with Gasteiger partial charge in [0.25, 0.3) is 0 Å². The molecule has 100 valence electrons. The van der Waals surface area contributed by atoms with Crippen molar-refractivity contribution in [3.63, 3.8) is 0 Å². The number of nitrogens with zero attached hydrogens (tertiary/aromatic N) is 3. The molecule has 0 atom stereocenters. The molecule has 0 aliphatic heterocycles. The molecule has 0 radical (unpaired) electrons. The Balaban J connectivity index is 1.94. The fourth-order valence-corrected chi connectivity index (χ4v) is 3.52. The molecule has 1 N–H and O–H groups in total. The van der Waals surface area contributed by atoms with Gasteiger partial charge in [-0.15, -0.1) is 21.5 Å². The van der Waals surface area contributed by atoms with Crippen molar-refractivity contribution in [1.29, 1.82) is 0 Å². The minimum Gasteiger partial charge on any atom is -0.481 e. The Morgan fingerprint density at radius 2 is 2.32 bits per heavy atom. The van der Waals surface area contributed by atoms with E-state index in [2.05, 4.69) is 10.2 Å². The number of aromatic nitrogens is 3. The molecule has 0 aromatic carbocycles. The second-order valence-corrected chi connectivity index (χ2v) is 6.85. The molecule has 0 saturated heterocycles. The maximum atomic E-state index is 10.7. The first-order chi connectivity index (χ1) is 9.15. The van der Waals surface area contributed by atoms with Gasteiger partial charge in [-0.3, -0.25) is 9.36 Å². The summed E-state index contributed by atoms with van der Waals surface area (Å²) in [6.07, 6.45) is 2.18. The van der Waals surface area contributed by atoms with E-state index in [0.717, 1.165) is 23.5 Å². The number of carboxylic acids is 1. The predicted molar refractivity (Wildman–Crippen MR) is 75.0 cm³/mol. The molecule has 2 heterocycles. The summed E-state index contributed by atoms with van der Waals surface area (Å²) < 4.78 is 2.75. The zero-order valence-corrected chi connectivity index (χ0v) is 12.1. The van der Waals surface area contributed by atoms with Crippen LogP contribution in [0.5, 0.6) is 0 Å². The highest BCUT2D eigenvalue weighted by Crippen LogP contribution is 2.42. The molecule has 0 unspecified atom stereocenters. The van der Waals surface area contributed by atoms with Crippen LogP contribution < -0.4 is 0 Å². The van der Waals surface area contributed by atoms with Crippen molar-refractivity contribution >= 4 is 40.7 Å². The number of thiophene rings is 1. The maximum Gasteiger partial charge on any atom is 0.313 e. The van der Waals surface area contributed by atoms with E-state index in [1.165, 1.54) is 23.1 Å². The molecular formula is C11H10ClN3O2S2. The maximum absolute atomic E-state index is 10.7. The Bertz CT molecular complexity index is 621. The van der Waals surface area contributed by atoms with Crippen molar-refractivity contribution in [2.75, 3.05) is 5.75 Å². The summed E-state index contributed by atoms with van der Waals surface area (Å²) in [7, 11) is 0. The van der Waals surface area contributed by atoms with Gasteiger partial charge >= 0.3 is 5.97 Å². The lowest BCUT2D eigenvalue weighted by Gasteiger charge is -2.06. The van der Waals surface area contributed by atoms with Crippen LogP contribution in [0.2, 0.25) is 4.34 Å². The number of hydrogen-bond acceptors (Lipinski definition) is 5. The first-order valence-corrected chi connectivity index (χ1v) is 7.88. The molecule has 19 heavy (non-hydrogen) atoms. The fraction of sp³-hybridized carbons (Fsp3) is 0.364. The van der Waals surface area contributed by atoms with Crippen molar-refractivity contribution < 1.29 is 9.90 Å². The zero-order valence-electron chi connectivity index (χ0n) is 9.74. The third-order valence-corrected chi connectivity index (χ3v) is 4.85.